The lowest BCUT2D eigenvalue weighted by molar-refractivity contribution is 0.0982. The van der Waals surface area contributed by atoms with E-state index in [1.54, 1.807) is 7.11 Å². The molecule has 19 heavy (non-hydrogen) atoms. The van der Waals surface area contributed by atoms with Crippen molar-refractivity contribution in [2.75, 3.05) is 13.7 Å². The summed E-state index contributed by atoms with van der Waals surface area (Å²) in [6.45, 7) is 0.385. The number of nitrogens with two attached hydrogens (primary N) is 1. The summed E-state index contributed by atoms with van der Waals surface area (Å²) in [5.41, 5.74) is 7.45. The maximum atomic E-state index is 12.1. The monoisotopic (exact) mass is 261 g/mol. The lowest BCUT2D eigenvalue weighted by atomic mass is 9.83. The summed E-state index contributed by atoms with van der Waals surface area (Å²) in [5.74, 6) is 1.35. The highest BCUT2D eigenvalue weighted by Gasteiger charge is 2.19. The van der Waals surface area contributed by atoms with Crippen LogP contribution in [0.1, 0.15) is 60.4 Å². The highest BCUT2D eigenvalue weighted by Crippen LogP contribution is 2.34. The van der Waals surface area contributed by atoms with Crippen LogP contribution in [0.4, 0.5) is 0 Å². The van der Waals surface area contributed by atoms with Crippen molar-refractivity contribution in [3.63, 3.8) is 0 Å². The summed E-state index contributed by atoms with van der Waals surface area (Å²) >= 11 is 0. The molecule has 1 aromatic carbocycles. The molecule has 0 saturated heterocycles. The van der Waals surface area contributed by atoms with Gasteiger partial charge in [0.15, 0.2) is 5.78 Å². The normalized spacial score (nSPS) is 16.3. The fraction of sp³-hybridized carbons (Fsp3) is 0.562. The van der Waals surface area contributed by atoms with Gasteiger partial charge >= 0.3 is 0 Å². The molecule has 1 saturated carbocycles. The number of benzene rings is 1. The lowest BCUT2D eigenvalue weighted by Crippen LogP contribution is -2.11. The maximum Gasteiger partial charge on any atom is 0.167 e. The molecule has 3 heteroatoms. The molecule has 1 aromatic rings. The van der Waals surface area contributed by atoms with E-state index >= 15 is 0 Å². The first kappa shape index (κ1) is 14.1. The molecule has 1 fully saturated rings. The maximum absolute atomic E-state index is 12.1. The first-order valence-electron chi connectivity index (χ1n) is 7.17. The van der Waals surface area contributed by atoms with Crippen LogP contribution in [0.5, 0.6) is 5.75 Å². The van der Waals surface area contributed by atoms with E-state index in [2.05, 4.69) is 6.07 Å². The Morgan fingerprint density at radius 2 is 2.05 bits per heavy atom. The summed E-state index contributed by atoms with van der Waals surface area (Å²) in [6, 6.07) is 6.05. The quantitative estimate of drug-likeness (QED) is 0.828. The summed E-state index contributed by atoms with van der Waals surface area (Å²) in [5, 5.41) is 0. The van der Waals surface area contributed by atoms with Gasteiger partial charge in [0.1, 0.15) is 5.75 Å². The molecule has 0 amide bonds. The van der Waals surface area contributed by atoms with Crippen LogP contribution < -0.4 is 10.5 Å². The van der Waals surface area contributed by atoms with E-state index in [-0.39, 0.29) is 5.78 Å². The number of hydrogen-bond acceptors (Lipinski definition) is 3. The van der Waals surface area contributed by atoms with Gasteiger partial charge in [-0.1, -0.05) is 25.3 Å². The van der Waals surface area contributed by atoms with Crippen LogP contribution >= 0.6 is 0 Å². The fourth-order valence-corrected chi connectivity index (χ4v) is 2.90. The molecule has 3 nitrogen and oxygen atoms in total. The minimum absolute atomic E-state index is 0.0806. The summed E-state index contributed by atoms with van der Waals surface area (Å²) in [6.07, 6.45) is 6.77. The van der Waals surface area contributed by atoms with Crippen molar-refractivity contribution < 1.29 is 9.53 Å². The smallest absolute Gasteiger partial charge is 0.167 e. The Balaban J connectivity index is 2.26. The molecule has 0 spiro atoms. The second-order valence-corrected chi connectivity index (χ2v) is 5.26. The third-order valence-corrected chi connectivity index (χ3v) is 3.97. The van der Waals surface area contributed by atoms with Gasteiger partial charge in [0.2, 0.25) is 0 Å². The molecule has 104 valence electrons. The van der Waals surface area contributed by atoms with Crippen LogP contribution in [-0.2, 0) is 0 Å². The van der Waals surface area contributed by atoms with Gasteiger partial charge in [-0.2, -0.15) is 0 Å². The largest absolute Gasteiger partial charge is 0.496 e. The molecule has 1 aliphatic carbocycles. The number of hydrogen-bond donors (Lipinski definition) is 1. The van der Waals surface area contributed by atoms with Crippen LogP contribution in [0.3, 0.4) is 0 Å². The number of methoxy groups -OCH3 is 1. The molecule has 0 aromatic heterocycles. The molecule has 1 aliphatic rings. The third-order valence-electron chi connectivity index (χ3n) is 3.97. The number of carbonyl (C=O) groups excluding carboxylic acids is 1. The summed E-state index contributed by atoms with van der Waals surface area (Å²) < 4.78 is 5.29. The standard InChI is InChI=1S/C16H23NO2/c1-19-16-8-7-13(12-5-3-2-4-6-12)11-14(16)15(18)9-10-17/h7-8,11-12H,2-6,9-10,17H2,1H3. The number of rotatable bonds is 5. The van der Waals surface area contributed by atoms with Crippen molar-refractivity contribution in [1.82, 2.24) is 0 Å². The van der Waals surface area contributed by atoms with E-state index in [1.807, 2.05) is 12.1 Å². The van der Waals surface area contributed by atoms with E-state index in [9.17, 15) is 4.79 Å². The Kier molecular flexibility index (Phi) is 4.97. The number of carbonyl (C=O) groups is 1. The second-order valence-electron chi connectivity index (χ2n) is 5.26. The van der Waals surface area contributed by atoms with E-state index in [1.165, 1.54) is 37.7 Å². The predicted molar refractivity (Wildman–Crippen MR) is 76.8 cm³/mol. The number of ketones is 1. The first-order valence-corrected chi connectivity index (χ1v) is 7.17. The lowest BCUT2D eigenvalue weighted by Gasteiger charge is -2.23. The van der Waals surface area contributed by atoms with Crippen molar-refractivity contribution in [3.8, 4) is 5.75 Å². The molecule has 0 bridgehead atoms. The van der Waals surface area contributed by atoms with Gasteiger partial charge in [-0.25, -0.2) is 0 Å². The minimum atomic E-state index is 0.0806. The summed E-state index contributed by atoms with van der Waals surface area (Å²) in [7, 11) is 1.61. The topological polar surface area (TPSA) is 52.3 Å². The van der Waals surface area contributed by atoms with Crippen LogP contribution in [-0.4, -0.2) is 19.4 Å². The van der Waals surface area contributed by atoms with E-state index in [4.69, 9.17) is 10.5 Å². The zero-order valence-corrected chi connectivity index (χ0v) is 11.7. The molecular formula is C16H23NO2. The number of Topliss-reactive ketones (excluding diaryl/α,β-unsaturated/α-hetero) is 1. The Bertz CT molecular complexity index is 436. The predicted octanol–water partition coefficient (Wildman–Crippen LogP) is 3.27. The van der Waals surface area contributed by atoms with Crippen LogP contribution in [0.25, 0.3) is 0 Å². The Morgan fingerprint density at radius 1 is 1.32 bits per heavy atom. The van der Waals surface area contributed by atoms with Gasteiger partial charge < -0.3 is 10.5 Å². The van der Waals surface area contributed by atoms with Crippen molar-refractivity contribution in [1.29, 1.82) is 0 Å². The van der Waals surface area contributed by atoms with E-state index in [0.29, 0.717) is 30.2 Å². The second kappa shape index (κ2) is 6.71. The Morgan fingerprint density at radius 3 is 2.68 bits per heavy atom. The van der Waals surface area contributed by atoms with Gasteiger partial charge in [0, 0.05) is 6.42 Å². The highest BCUT2D eigenvalue weighted by molar-refractivity contribution is 5.99. The summed E-state index contributed by atoms with van der Waals surface area (Å²) in [4.78, 5) is 12.1. The Hall–Kier alpha value is -1.35. The number of ether oxygens (including phenoxy) is 1. The fourth-order valence-electron chi connectivity index (χ4n) is 2.90. The first-order chi connectivity index (χ1) is 9.26. The van der Waals surface area contributed by atoms with Gasteiger partial charge in [0.05, 0.1) is 12.7 Å². The van der Waals surface area contributed by atoms with Crippen molar-refractivity contribution >= 4 is 5.78 Å². The van der Waals surface area contributed by atoms with Crippen LogP contribution in [0, 0.1) is 0 Å². The van der Waals surface area contributed by atoms with E-state index in [0.717, 1.165) is 0 Å². The zero-order valence-electron chi connectivity index (χ0n) is 11.7. The van der Waals surface area contributed by atoms with Gasteiger partial charge in [-0.15, -0.1) is 0 Å². The molecular weight excluding hydrogens is 238 g/mol. The molecule has 0 radical (unpaired) electrons. The third kappa shape index (κ3) is 3.35. The van der Waals surface area contributed by atoms with Gasteiger partial charge in [-0.05, 0) is 43.0 Å². The SMILES string of the molecule is COc1ccc(C2CCCCC2)cc1C(=O)CCN. The van der Waals surface area contributed by atoms with Crippen LogP contribution in [0.15, 0.2) is 18.2 Å². The average molecular weight is 261 g/mol. The zero-order chi connectivity index (χ0) is 13.7. The molecule has 0 heterocycles. The van der Waals surface area contributed by atoms with E-state index < -0.39 is 0 Å². The van der Waals surface area contributed by atoms with Crippen LogP contribution in [0.2, 0.25) is 0 Å². The molecule has 0 aliphatic heterocycles. The molecule has 0 atom stereocenters. The molecule has 2 rings (SSSR count). The van der Waals surface area contributed by atoms with Gasteiger partial charge in [-0.3, -0.25) is 4.79 Å². The Labute approximate surface area is 115 Å². The van der Waals surface area contributed by atoms with Crippen molar-refractivity contribution in [2.24, 2.45) is 5.73 Å². The van der Waals surface area contributed by atoms with Crippen molar-refractivity contribution in [3.05, 3.63) is 29.3 Å². The minimum Gasteiger partial charge on any atom is -0.496 e. The molecule has 2 N–H and O–H groups in total. The van der Waals surface area contributed by atoms with Crippen molar-refractivity contribution in [2.45, 2.75) is 44.4 Å². The van der Waals surface area contributed by atoms with Gasteiger partial charge in [0.25, 0.3) is 0 Å². The highest BCUT2D eigenvalue weighted by atomic mass is 16.5. The average Bonchev–Trinajstić information content (AvgIpc) is 2.47. The molecule has 0 unspecified atom stereocenters.